The Balaban J connectivity index is 2.12. The van der Waals surface area contributed by atoms with Crippen LogP contribution in [0.5, 0.6) is 11.5 Å². The lowest BCUT2D eigenvalue weighted by Gasteiger charge is -2.08. The zero-order valence-electron chi connectivity index (χ0n) is 12.5. The summed E-state index contributed by atoms with van der Waals surface area (Å²) in [7, 11) is 1.56. The molecule has 0 aromatic heterocycles. The molecule has 0 aliphatic carbocycles. The fourth-order valence-electron chi connectivity index (χ4n) is 1.81. The van der Waals surface area contributed by atoms with Crippen LogP contribution in [0.2, 0.25) is 0 Å². The van der Waals surface area contributed by atoms with E-state index in [0.717, 1.165) is 0 Å². The fraction of sp³-hybridized carbons (Fsp3) is 0.176. The Kier molecular flexibility index (Phi) is 5.14. The van der Waals surface area contributed by atoms with Gasteiger partial charge in [0.05, 0.1) is 7.11 Å². The smallest absolute Gasteiger partial charge is 0.310 e. The van der Waals surface area contributed by atoms with Crippen LogP contribution in [-0.4, -0.2) is 19.0 Å². The molecule has 1 N–H and O–H groups in total. The summed E-state index contributed by atoms with van der Waals surface area (Å²) in [6.07, 6.45) is 0.278. The number of carbonyl (C=O) groups is 2. The van der Waals surface area contributed by atoms with E-state index in [1.807, 2.05) is 0 Å². The average molecular weight is 299 g/mol. The standard InChI is InChI=1S/C17H17NO4/c1-3-16(19)22-15-9-4-6-12(10-15)17(20)18-13-7-5-8-14(11-13)21-2/h4-11H,3H2,1-2H3,(H,18,20). The lowest BCUT2D eigenvalue weighted by molar-refractivity contribution is -0.134. The summed E-state index contributed by atoms with van der Waals surface area (Å²) in [5.74, 6) is 0.376. The zero-order chi connectivity index (χ0) is 15.9. The monoisotopic (exact) mass is 299 g/mol. The molecule has 0 spiro atoms. The molecule has 1 amide bonds. The van der Waals surface area contributed by atoms with Gasteiger partial charge in [-0.2, -0.15) is 0 Å². The van der Waals surface area contributed by atoms with Crippen molar-refractivity contribution >= 4 is 17.6 Å². The van der Waals surface area contributed by atoms with E-state index in [4.69, 9.17) is 9.47 Å². The van der Waals surface area contributed by atoms with E-state index in [1.54, 1.807) is 56.5 Å². The summed E-state index contributed by atoms with van der Waals surface area (Å²) in [5, 5.41) is 2.77. The summed E-state index contributed by atoms with van der Waals surface area (Å²) in [6.45, 7) is 1.71. The lowest BCUT2D eigenvalue weighted by Crippen LogP contribution is -2.12. The molecular formula is C17H17NO4. The Morgan fingerprint density at radius 1 is 1.05 bits per heavy atom. The van der Waals surface area contributed by atoms with Crippen LogP contribution in [0.25, 0.3) is 0 Å². The quantitative estimate of drug-likeness (QED) is 0.680. The molecule has 2 aromatic rings. The molecule has 2 rings (SSSR count). The molecule has 0 saturated heterocycles. The zero-order valence-corrected chi connectivity index (χ0v) is 12.5. The summed E-state index contributed by atoms with van der Waals surface area (Å²) >= 11 is 0. The van der Waals surface area contributed by atoms with Crippen molar-refractivity contribution in [2.75, 3.05) is 12.4 Å². The first-order valence-electron chi connectivity index (χ1n) is 6.88. The number of methoxy groups -OCH3 is 1. The molecule has 5 heteroatoms. The highest BCUT2D eigenvalue weighted by Crippen LogP contribution is 2.19. The minimum atomic E-state index is -0.342. The first-order valence-corrected chi connectivity index (χ1v) is 6.88. The van der Waals surface area contributed by atoms with Crippen LogP contribution in [-0.2, 0) is 4.79 Å². The number of hydrogen-bond acceptors (Lipinski definition) is 4. The maximum absolute atomic E-state index is 12.2. The molecule has 0 bridgehead atoms. The van der Waals surface area contributed by atoms with Crippen LogP contribution < -0.4 is 14.8 Å². The van der Waals surface area contributed by atoms with Gasteiger partial charge in [0, 0.05) is 23.7 Å². The number of benzene rings is 2. The highest BCUT2D eigenvalue weighted by Gasteiger charge is 2.09. The van der Waals surface area contributed by atoms with Gasteiger partial charge in [0.1, 0.15) is 11.5 Å². The van der Waals surface area contributed by atoms with Crippen molar-refractivity contribution in [3.8, 4) is 11.5 Å². The molecule has 0 heterocycles. The third-order valence-corrected chi connectivity index (χ3v) is 2.94. The molecular weight excluding hydrogens is 282 g/mol. The summed E-state index contributed by atoms with van der Waals surface area (Å²) in [6, 6.07) is 13.5. The second-order valence-electron chi connectivity index (χ2n) is 4.54. The van der Waals surface area contributed by atoms with Crippen molar-refractivity contribution in [3.05, 3.63) is 54.1 Å². The Morgan fingerprint density at radius 3 is 2.50 bits per heavy atom. The molecule has 0 fully saturated rings. The van der Waals surface area contributed by atoms with Gasteiger partial charge in [0.2, 0.25) is 0 Å². The number of hydrogen-bond donors (Lipinski definition) is 1. The number of rotatable bonds is 5. The van der Waals surface area contributed by atoms with Crippen molar-refractivity contribution in [1.82, 2.24) is 0 Å². The Labute approximate surface area is 128 Å². The van der Waals surface area contributed by atoms with Gasteiger partial charge in [-0.15, -0.1) is 0 Å². The normalized spacial score (nSPS) is 9.91. The average Bonchev–Trinajstić information content (AvgIpc) is 2.55. The molecule has 2 aromatic carbocycles. The maximum Gasteiger partial charge on any atom is 0.310 e. The molecule has 22 heavy (non-hydrogen) atoms. The summed E-state index contributed by atoms with van der Waals surface area (Å²) < 4.78 is 10.2. The third-order valence-electron chi connectivity index (χ3n) is 2.94. The fourth-order valence-corrected chi connectivity index (χ4v) is 1.81. The largest absolute Gasteiger partial charge is 0.497 e. The van der Waals surface area contributed by atoms with Crippen molar-refractivity contribution < 1.29 is 19.1 Å². The number of anilines is 1. The van der Waals surface area contributed by atoms with Gasteiger partial charge in [-0.05, 0) is 30.3 Å². The summed E-state index contributed by atoms with van der Waals surface area (Å²) in [4.78, 5) is 23.5. The van der Waals surface area contributed by atoms with Gasteiger partial charge in [-0.3, -0.25) is 9.59 Å². The van der Waals surface area contributed by atoms with E-state index in [2.05, 4.69) is 5.32 Å². The second-order valence-corrected chi connectivity index (χ2v) is 4.54. The molecule has 0 unspecified atom stereocenters. The van der Waals surface area contributed by atoms with E-state index in [1.165, 1.54) is 6.07 Å². The van der Waals surface area contributed by atoms with Crippen molar-refractivity contribution in [1.29, 1.82) is 0 Å². The van der Waals surface area contributed by atoms with Crippen LogP contribution in [0.3, 0.4) is 0 Å². The van der Waals surface area contributed by atoms with Gasteiger partial charge in [-0.1, -0.05) is 19.1 Å². The maximum atomic E-state index is 12.2. The van der Waals surface area contributed by atoms with E-state index in [-0.39, 0.29) is 18.3 Å². The van der Waals surface area contributed by atoms with Crippen LogP contribution in [0.4, 0.5) is 5.69 Å². The molecule has 0 radical (unpaired) electrons. The number of ether oxygens (including phenoxy) is 2. The topological polar surface area (TPSA) is 64.6 Å². The molecule has 0 aliphatic heterocycles. The van der Waals surface area contributed by atoms with Gasteiger partial charge in [0.25, 0.3) is 5.91 Å². The second kappa shape index (κ2) is 7.26. The Bertz CT molecular complexity index is 682. The molecule has 0 aliphatic rings. The van der Waals surface area contributed by atoms with Crippen LogP contribution in [0.1, 0.15) is 23.7 Å². The number of carbonyl (C=O) groups excluding carboxylic acids is 2. The van der Waals surface area contributed by atoms with Crippen molar-refractivity contribution in [3.63, 3.8) is 0 Å². The highest BCUT2D eigenvalue weighted by atomic mass is 16.5. The van der Waals surface area contributed by atoms with E-state index in [0.29, 0.717) is 22.7 Å². The Hall–Kier alpha value is -2.82. The summed E-state index contributed by atoms with van der Waals surface area (Å²) in [5.41, 5.74) is 1.03. The number of nitrogens with one attached hydrogen (secondary N) is 1. The number of amides is 1. The van der Waals surface area contributed by atoms with Gasteiger partial charge in [0.15, 0.2) is 0 Å². The third kappa shape index (κ3) is 4.09. The Morgan fingerprint density at radius 2 is 1.77 bits per heavy atom. The minimum Gasteiger partial charge on any atom is -0.497 e. The van der Waals surface area contributed by atoms with Gasteiger partial charge < -0.3 is 14.8 Å². The van der Waals surface area contributed by atoms with E-state index in [9.17, 15) is 9.59 Å². The first kappa shape index (κ1) is 15.6. The number of esters is 1. The minimum absolute atomic E-state index is 0.278. The first-order chi connectivity index (χ1) is 10.6. The van der Waals surface area contributed by atoms with Crippen molar-refractivity contribution in [2.24, 2.45) is 0 Å². The molecule has 0 saturated carbocycles. The highest BCUT2D eigenvalue weighted by molar-refractivity contribution is 6.04. The molecule has 114 valence electrons. The van der Waals surface area contributed by atoms with Crippen LogP contribution >= 0.6 is 0 Å². The van der Waals surface area contributed by atoms with E-state index < -0.39 is 0 Å². The van der Waals surface area contributed by atoms with Gasteiger partial charge >= 0.3 is 5.97 Å². The predicted octanol–water partition coefficient (Wildman–Crippen LogP) is 3.26. The molecule has 0 atom stereocenters. The lowest BCUT2D eigenvalue weighted by atomic mass is 10.2. The van der Waals surface area contributed by atoms with Crippen LogP contribution in [0.15, 0.2) is 48.5 Å². The predicted molar refractivity (Wildman–Crippen MR) is 83.3 cm³/mol. The SMILES string of the molecule is CCC(=O)Oc1cccc(C(=O)Nc2cccc(OC)c2)c1. The van der Waals surface area contributed by atoms with E-state index >= 15 is 0 Å². The van der Waals surface area contributed by atoms with Crippen LogP contribution in [0, 0.1) is 0 Å². The van der Waals surface area contributed by atoms with Gasteiger partial charge in [-0.25, -0.2) is 0 Å². The molecule has 5 nitrogen and oxygen atoms in total. The van der Waals surface area contributed by atoms with Crippen molar-refractivity contribution in [2.45, 2.75) is 13.3 Å².